The fourth-order valence-electron chi connectivity index (χ4n) is 0.716. The predicted octanol–water partition coefficient (Wildman–Crippen LogP) is 2.34. The Balaban J connectivity index is 3.36. The van der Waals surface area contributed by atoms with E-state index in [-0.39, 0.29) is 15.1 Å². The molecule has 1 aromatic rings. The summed E-state index contributed by atoms with van der Waals surface area (Å²) in [5.74, 6) is -1.42. The number of carbonyl (C=O) groups is 1. The number of primary amides is 1. The summed E-state index contributed by atoms with van der Waals surface area (Å²) in [6.45, 7) is 0. The van der Waals surface area contributed by atoms with Gasteiger partial charge in [0, 0.05) is 0 Å². The second-order valence-corrected chi connectivity index (χ2v) is 3.32. The largest absolute Gasteiger partial charge is 0.366 e. The van der Waals surface area contributed by atoms with E-state index in [2.05, 4.69) is 15.9 Å². The maximum atomic E-state index is 13.0. The van der Waals surface area contributed by atoms with Crippen molar-refractivity contribution in [2.45, 2.75) is 0 Å². The van der Waals surface area contributed by atoms with Crippen LogP contribution in [0.4, 0.5) is 4.39 Å². The van der Waals surface area contributed by atoms with E-state index in [9.17, 15) is 9.18 Å². The van der Waals surface area contributed by atoms with Gasteiger partial charge in [0.05, 0.1) is 15.1 Å². The molecule has 2 nitrogen and oxygen atoms in total. The van der Waals surface area contributed by atoms with Crippen LogP contribution in [0, 0.1) is 5.82 Å². The molecular weight excluding hydrogens is 248 g/mol. The van der Waals surface area contributed by atoms with Crippen molar-refractivity contribution in [3.05, 3.63) is 33.0 Å². The highest BCUT2D eigenvalue weighted by atomic mass is 79.9. The lowest BCUT2D eigenvalue weighted by molar-refractivity contribution is 0.1000. The topological polar surface area (TPSA) is 43.1 Å². The lowest BCUT2D eigenvalue weighted by Gasteiger charge is -2.01. The molecule has 0 saturated heterocycles. The molecule has 5 heteroatoms. The smallest absolute Gasteiger partial charge is 0.250 e. The number of nitrogens with two attached hydrogens (primary N) is 1. The molecule has 0 heterocycles. The first kappa shape index (κ1) is 9.48. The van der Waals surface area contributed by atoms with Crippen LogP contribution in [0.3, 0.4) is 0 Å². The van der Waals surface area contributed by atoms with Gasteiger partial charge in [0.1, 0.15) is 0 Å². The first-order chi connectivity index (χ1) is 5.54. The van der Waals surface area contributed by atoms with Gasteiger partial charge in [-0.05, 0) is 28.1 Å². The molecule has 0 spiro atoms. The van der Waals surface area contributed by atoms with Crippen molar-refractivity contribution in [2.75, 3.05) is 0 Å². The Morgan fingerprint density at radius 2 is 2.17 bits per heavy atom. The van der Waals surface area contributed by atoms with Crippen LogP contribution in [0.25, 0.3) is 0 Å². The molecule has 0 aliphatic rings. The number of benzene rings is 1. The number of halogens is 3. The van der Waals surface area contributed by atoms with Gasteiger partial charge in [-0.2, -0.15) is 0 Å². The van der Waals surface area contributed by atoms with Crippen molar-refractivity contribution in [3.63, 3.8) is 0 Å². The third-order valence-electron chi connectivity index (χ3n) is 1.30. The van der Waals surface area contributed by atoms with Gasteiger partial charge in [0.15, 0.2) is 5.82 Å². The van der Waals surface area contributed by atoms with Gasteiger partial charge in [-0.1, -0.05) is 11.6 Å². The van der Waals surface area contributed by atoms with Crippen LogP contribution in [-0.4, -0.2) is 5.91 Å². The van der Waals surface area contributed by atoms with E-state index in [0.29, 0.717) is 0 Å². The van der Waals surface area contributed by atoms with Crippen molar-refractivity contribution >= 4 is 33.4 Å². The average Bonchev–Trinajstić information content (AvgIpc) is 2.00. The molecule has 1 amide bonds. The van der Waals surface area contributed by atoms with E-state index in [1.165, 1.54) is 12.1 Å². The van der Waals surface area contributed by atoms with Gasteiger partial charge in [0.25, 0.3) is 0 Å². The molecule has 0 aliphatic heterocycles. The summed E-state index contributed by atoms with van der Waals surface area (Å²) < 4.78 is 13.2. The number of amides is 1. The van der Waals surface area contributed by atoms with Crippen LogP contribution >= 0.6 is 27.5 Å². The second kappa shape index (κ2) is 3.41. The monoisotopic (exact) mass is 251 g/mol. The van der Waals surface area contributed by atoms with E-state index in [0.717, 1.165) is 0 Å². The van der Waals surface area contributed by atoms with Crippen LogP contribution in [-0.2, 0) is 0 Å². The van der Waals surface area contributed by atoms with Crippen LogP contribution in [0.5, 0.6) is 0 Å². The van der Waals surface area contributed by atoms with E-state index < -0.39 is 11.7 Å². The molecule has 1 rings (SSSR count). The molecule has 0 radical (unpaired) electrons. The summed E-state index contributed by atoms with van der Waals surface area (Å²) >= 11 is 8.41. The molecule has 64 valence electrons. The van der Waals surface area contributed by atoms with Gasteiger partial charge in [0.2, 0.25) is 5.91 Å². The zero-order valence-corrected chi connectivity index (χ0v) is 8.12. The second-order valence-electron chi connectivity index (χ2n) is 2.09. The maximum Gasteiger partial charge on any atom is 0.250 e. The number of hydrogen-bond donors (Lipinski definition) is 1. The van der Waals surface area contributed by atoms with E-state index >= 15 is 0 Å². The molecule has 1 aromatic carbocycles. The average molecular weight is 252 g/mol. The highest BCUT2D eigenvalue weighted by Gasteiger charge is 2.12. The SMILES string of the molecule is NC(=O)c1ccc(Br)c(F)c1Cl. The minimum Gasteiger partial charge on any atom is -0.366 e. The fourth-order valence-corrected chi connectivity index (χ4v) is 1.42. The Morgan fingerprint density at radius 3 is 2.67 bits per heavy atom. The third-order valence-corrected chi connectivity index (χ3v) is 2.28. The minimum atomic E-state index is -0.744. The molecule has 2 N–H and O–H groups in total. The summed E-state index contributed by atoms with van der Waals surface area (Å²) in [6, 6.07) is 2.74. The minimum absolute atomic E-state index is 0.0163. The van der Waals surface area contributed by atoms with E-state index in [4.69, 9.17) is 17.3 Å². The maximum absolute atomic E-state index is 13.0. The van der Waals surface area contributed by atoms with Crippen molar-refractivity contribution in [3.8, 4) is 0 Å². The standard InChI is InChI=1S/C7H4BrClFNO/c8-4-2-1-3(7(11)12)5(9)6(4)10/h1-2H,(H2,11,12). The highest BCUT2D eigenvalue weighted by Crippen LogP contribution is 2.26. The Labute approximate surface area is 81.6 Å². The molecule has 0 aromatic heterocycles. The molecular formula is C7H4BrClFNO. The number of hydrogen-bond acceptors (Lipinski definition) is 1. The van der Waals surface area contributed by atoms with Crippen LogP contribution < -0.4 is 5.73 Å². The molecule has 0 saturated carbocycles. The first-order valence-electron chi connectivity index (χ1n) is 2.97. The van der Waals surface area contributed by atoms with Crippen molar-refractivity contribution in [1.29, 1.82) is 0 Å². The summed E-state index contributed by atoms with van der Waals surface area (Å²) in [4.78, 5) is 10.6. The van der Waals surface area contributed by atoms with Gasteiger partial charge >= 0.3 is 0 Å². The Kier molecular flexibility index (Phi) is 2.69. The molecule has 0 aliphatic carbocycles. The summed E-state index contributed by atoms with van der Waals surface area (Å²) in [5.41, 5.74) is 4.91. The molecule has 0 bridgehead atoms. The number of carbonyl (C=O) groups excluding carboxylic acids is 1. The molecule has 0 fully saturated rings. The number of rotatable bonds is 1. The Bertz CT molecular complexity index is 342. The van der Waals surface area contributed by atoms with E-state index in [1.807, 2.05) is 0 Å². The Hall–Kier alpha value is -0.610. The van der Waals surface area contributed by atoms with Gasteiger partial charge in [-0.3, -0.25) is 4.79 Å². The van der Waals surface area contributed by atoms with Crippen molar-refractivity contribution in [2.24, 2.45) is 5.73 Å². The van der Waals surface area contributed by atoms with Gasteiger partial charge in [-0.15, -0.1) is 0 Å². The predicted molar refractivity (Wildman–Crippen MR) is 47.6 cm³/mol. The van der Waals surface area contributed by atoms with Gasteiger partial charge in [-0.25, -0.2) is 4.39 Å². The zero-order chi connectivity index (χ0) is 9.30. The van der Waals surface area contributed by atoms with Crippen LogP contribution in [0.1, 0.15) is 10.4 Å². The lowest BCUT2D eigenvalue weighted by atomic mass is 10.2. The summed E-state index contributed by atoms with van der Waals surface area (Å²) in [7, 11) is 0. The normalized spacial score (nSPS) is 9.92. The van der Waals surface area contributed by atoms with Crippen molar-refractivity contribution in [1.82, 2.24) is 0 Å². The molecule has 0 atom stereocenters. The third kappa shape index (κ3) is 1.59. The van der Waals surface area contributed by atoms with Gasteiger partial charge < -0.3 is 5.73 Å². The van der Waals surface area contributed by atoms with Crippen LogP contribution in [0.15, 0.2) is 16.6 Å². The molecule has 0 unspecified atom stereocenters. The fraction of sp³-hybridized carbons (Fsp3) is 0. The quantitative estimate of drug-likeness (QED) is 0.766. The first-order valence-corrected chi connectivity index (χ1v) is 4.14. The Morgan fingerprint density at radius 1 is 1.58 bits per heavy atom. The zero-order valence-electron chi connectivity index (χ0n) is 5.77. The molecule has 12 heavy (non-hydrogen) atoms. The van der Waals surface area contributed by atoms with Crippen LogP contribution in [0.2, 0.25) is 5.02 Å². The summed E-state index contributed by atoms with van der Waals surface area (Å²) in [5, 5.41) is -0.253. The highest BCUT2D eigenvalue weighted by molar-refractivity contribution is 9.10. The van der Waals surface area contributed by atoms with Crippen molar-refractivity contribution < 1.29 is 9.18 Å². The lowest BCUT2D eigenvalue weighted by Crippen LogP contribution is -2.12. The van der Waals surface area contributed by atoms with E-state index in [1.54, 1.807) is 0 Å². The summed E-state index contributed by atoms with van der Waals surface area (Å²) in [6.07, 6.45) is 0.